The fourth-order valence-electron chi connectivity index (χ4n) is 3.06. The van der Waals surface area contributed by atoms with Gasteiger partial charge in [0.15, 0.2) is 5.76 Å². The molecule has 2 N–H and O–H groups in total. The van der Waals surface area contributed by atoms with E-state index >= 15 is 0 Å². The third kappa shape index (κ3) is 3.47. The number of rotatable bonds is 4. The van der Waals surface area contributed by atoms with Crippen molar-refractivity contribution < 1.29 is 23.8 Å². The van der Waals surface area contributed by atoms with E-state index < -0.39 is 17.4 Å². The van der Waals surface area contributed by atoms with Crippen molar-refractivity contribution in [2.75, 3.05) is 13.2 Å². The quantitative estimate of drug-likeness (QED) is 0.828. The fourth-order valence-corrected chi connectivity index (χ4v) is 3.73. The van der Waals surface area contributed by atoms with E-state index in [1.165, 1.54) is 0 Å². The van der Waals surface area contributed by atoms with Crippen LogP contribution in [-0.4, -0.2) is 35.7 Å². The van der Waals surface area contributed by atoms with Crippen LogP contribution < -0.4 is 5.32 Å². The second-order valence-electron chi connectivity index (χ2n) is 6.19. The summed E-state index contributed by atoms with van der Waals surface area (Å²) in [5.74, 6) is -1.17. The summed E-state index contributed by atoms with van der Waals surface area (Å²) in [5.41, 5.74) is 0.853. The molecule has 2 aromatic rings. The van der Waals surface area contributed by atoms with E-state index in [4.69, 9.17) is 9.15 Å². The Kier molecular flexibility index (Phi) is 4.64. The molecule has 128 valence electrons. The Bertz CT molecular complexity index is 792. The Hall–Kier alpha value is -1.86. The molecule has 7 heteroatoms. The maximum Gasteiger partial charge on any atom is 0.305 e. The predicted molar refractivity (Wildman–Crippen MR) is 91.2 cm³/mol. The van der Waals surface area contributed by atoms with Crippen molar-refractivity contribution in [1.82, 2.24) is 5.32 Å². The minimum atomic E-state index is -0.944. The first-order chi connectivity index (χ1) is 11.4. The third-order valence-electron chi connectivity index (χ3n) is 4.26. The SMILES string of the molecule is Cc1cc(Br)c2oc(C(=O)NC3(CC(=O)O)CCOCC3)cc2c1. The van der Waals surface area contributed by atoms with Gasteiger partial charge in [-0.3, -0.25) is 9.59 Å². The van der Waals surface area contributed by atoms with E-state index in [1.807, 2.05) is 19.1 Å². The van der Waals surface area contributed by atoms with Gasteiger partial charge in [-0.1, -0.05) is 0 Å². The lowest BCUT2D eigenvalue weighted by Gasteiger charge is -2.36. The number of carbonyl (C=O) groups is 2. The van der Waals surface area contributed by atoms with Crippen LogP contribution in [0.15, 0.2) is 27.1 Å². The van der Waals surface area contributed by atoms with Gasteiger partial charge in [-0.05, 0) is 59.5 Å². The molecule has 1 fully saturated rings. The summed E-state index contributed by atoms with van der Waals surface area (Å²) >= 11 is 3.43. The van der Waals surface area contributed by atoms with E-state index in [-0.39, 0.29) is 12.2 Å². The average molecular weight is 396 g/mol. The van der Waals surface area contributed by atoms with Gasteiger partial charge in [-0.25, -0.2) is 0 Å². The van der Waals surface area contributed by atoms with Gasteiger partial charge in [0.1, 0.15) is 5.58 Å². The number of halogens is 1. The molecule has 0 spiro atoms. The lowest BCUT2D eigenvalue weighted by atomic mass is 9.86. The molecule has 0 radical (unpaired) electrons. The summed E-state index contributed by atoms with van der Waals surface area (Å²) in [5, 5.41) is 12.9. The molecule has 0 atom stereocenters. The Morgan fingerprint density at radius 1 is 1.29 bits per heavy atom. The van der Waals surface area contributed by atoms with Crippen molar-refractivity contribution in [3.8, 4) is 0 Å². The molecule has 1 amide bonds. The summed E-state index contributed by atoms with van der Waals surface area (Å²) in [6, 6.07) is 5.52. The third-order valence-corrected chi connectivity index (χ3v) is 4.85. The molecule has 1 aliphatic rings. The Balaban J connectivity index is 1.87. The molecule has 1 saturated heterocycles. The number of furan rings is 1. The van der Waals surface area contributed by atoms with Crippen LogP contribution in [0.4, 0.5) is 0 Å². The second-order valence-corrected chi connectivity index (χ2v) is 7.05. The first-order valence-electron chi connectivity index (χ1n) is 7.70. The normalized spacial score (nSPS) is 16.9. The number of carboxylic acid groups (broad SMARTS) is 1. The number of aryl methyl sites for hydroxylation is 1. The maximum atomic E-state index is 12.6. The van der Waals surface area contributed by atoms with Crippen LogP contribution in [0.1, 0.15) is 35.4 Å². The largest absolute Gasteiger partial charge is 0.481 e. The summed E-state index contributed by atoms with van der Waals surface area (Å²) in [6.07, 6.45) is 0.799. The van der Waals surface area contributed by atoms with Gasteiger partial charge < -0.3 is 19.6 Å². The van der Waals surface area contributed by atoms with Crippen molar-refractivity contribution >= 4 is 38.8 Å². The first-order valence-corrected chi connectivity index (χ1v) is 8.50. The smallest absolute Gasteiger partial charge is 0.305 e. The number of carbonyl (C=O) groups excluding carboxylic acids is 1. The Morgan fingerprint density at radius 3 is 2.67 bits per heavy atom. The number of nitrogens with one attached hydrogen (secondary N) is 1. The molecule has 0 bridgehead atoms. The van der Waals surface area contributed by atoms with Crippen molar-refractivity contribution in [3.05, 3.63) is 34.0 Å². The minimum Gasteiger partial charge on any atom is -0.481 e. The van der Waals surface area contributed by atoms with Gasteiger partial charge in [-0.15, -0.1) is 0 Å². The van der Waals surface area contributed by atoms with Gasteiger partial charge in [0.25, 0.3) is 5.91 Å². The molecule has 1 aromatic carbocycles. The number of hydrogen-bond donors (Lipinski definition) is 2. The van der Waals surface area contributed by atoms with Crippen LogP contribution in [0, 0.1) is 6.92 Å². The van der Waals surface area contributed by atoms with Crippen molar-refractivity contribution in [3.63, 3.8) is 0 Å². The highest BCUT2D eigenvalue weighted by Crippen LogP contribution is 2.30. The number of carboxylic acids is 1. The number of benzene rings is 1. The van der Waals surface area contributed by atoms with Crippen molar-refractivity contribution in [2.45, 2.75) is 31.7 Å². The number of aliphatic carboxylic acids is 1. The number of hydrogen-bond acceptors (Lipinski definition) is 4. The van der Waals surface area contributed by atoms with E-state index in [1.54, 1.807) is 6.07 Å². The average Bonchev–Trinajstić information content (AvgIpc) is 2.91. The van der Waals surface area contributed by atoms with Gasteiger partial charge >= 0.3 is 5.97 Å². The fraction of sp³-hybridized carbons (Fsp3) is 0.412. The molecule has 1 aliphatic heterocycles. The van der Waals surface area contributed by atoms with Crippen LogP contribution in [0.3, 0.4) is 0 Å². The Morgan fingerprint density at radius 2 is 2.00 bits per heavy atom. The Labute approximate surface area is 147 Å². The highest BCUT2D eigenvalue weighted by atomic mass is 79.9. The predicted octanol–water partition coefficient (Wildman–Crippen LogP) is 3.26. The zero-order valence-electron chi connectivity index (χ0n) is 13.2. The number of fused-ring (bicyclic) bond motifs is 1. The van der Waals surface area contributed by atoms with Crippen LogP contribution in [0.5, 0.6) is 0 Å². The molecule has 24 heavy (non-hydrogen) atoms. The van der Waals surface area contributed by atoms with Crippen LogP contribution >= 0.6 is 15.9 Å². The highest BCUT2D eigenvalue weighted by molar-refractivity contribution is 9.10. The van der Waals surface area contributed by atoms with E-state index in [2.05, 4.69) is 21.2 Å². The van der Waals surface area contributed by atoms with E-state index in [0.29, 0.717) is 31.6 Å². The molecule has 1 aromatic heterocycles. The first kappa shape index (κ1) is 17.0. The van der Waals surface area contributed by atoms with Gasteiger partial charge in [0.05, 0.1) is 16.4 Å². The lowest BCUT2D eigenvalue weighted by molar-refractivity contribution is -0.139. The standard InChI is InChI=1S/C17H18BrNO5/c1-10-6-11-8-13(24-15(11)12(18)7-10)16(22)19-17(9-14(20)21)2-4-23-5-3-17/h6-8H,2-5,9H2,1H3,(H,19,22)(H,20,21). The van der Waals surface area contributed by atoms with Crippen LogP contribution in [0.25, 0.3) is 11.0 Å². The van der Waals surface area contributed by atoms with Gasteiger partial charge in [0.2, 0.25) is 0 Å². The van der Waals surface area contributed by atoms with Crippen molar-refractivity contribution in [2.24, 2.45) is 0 Å². The van der Waals surface area contributed by atoms with Crippen molar-refractivity contribution in [1.29, 1.82) is 0 Å². The number of amides is 1. The van der Waals surface area contributed by atoms with Crippen LogP contribution in [0.2, 0.25) is 0 Å². The molecular formula is C17H18BrNO5. The zero-order valence-corrected chi connectivity index (χ0v) is 14.8. The van der Waals surface area contributed by atoms with Gasteiger partial charge in [-0.2, -0.15) is 0 Å². The molecule has 0 aliphatic carbocycles. The molecular weight excluding hydrogens is 378 g/mol. The molecule has 3 rings (SSSR count). The summed E-state index contributed by atoms with van der Waals surface area (Å²) in [6.45, 7) is 2.82. The highest BCUT2D eigenvalue weighted by Gasteiger charge is 2.37. The zero-order chi connectivity index (χ0) is 17.3. The number of ether oxygens (including phenoxy) is 1. The van der Waals surface area contributed by atoms with E-state index in [0.717, 1.165) is 15.4 Å². The topological polar surface area (TPSA) is 88.8 Å². The molecule has 0 unspecified atom stereocenters. The summed E-state index contributed by atoms with van der Waals surface area (Å²) in [4.78, 5) is 23.8. The maximum absolute atomic E-state index is 12.6. The lowest BCUT2D eigenvalue weighted by Crippen LogP contribution is -2.53. The van der Waals surface area contributed by atoms with E-state index in [9.17, 15) is 14.7 Å². The molecule has 2 heterocycles. The minimum absolute atomic E-state index is 0.134. The summed E-state index contributed by atoms with van der Waals surface area (Å²) < 4.78 is 11.7. The monoisotopic (exact) mass is 395 g/mol. The molecule has 6 nitrogen and oxygen atoms in total. The molecule has 0 saturated carbocycles. The van der Waals surface area contributed by atoms with Crippen LogP contribution in [-0.2, 0) is 9.53 Å². The van der Waals surface area contributed by atoms with Gasteiger partial charge in [0, 0.05) is 18.6 Å². The second kappa shape index (κ2) is 6.57. The summed E-state index contributed by atoms with van der Waals surface area (Å²) in [7, 11) is 0.